The number of esters is 1. The van der Waals surface area contributed by atoms with Crippen LogP contribution in [0.15, 0.2) is 53.4 Å². The molecular formula is C20H22ClNO4S. The summed E-state index contributed by atoms with van der Waals surface area (Å²) in [6, 6.07) is 13.4. The Labute approximate surface area is 164 Å². The summed E-state index contributed by atoms with van der Waals surface area (Å²) in [4.78, 5) is 12.9. The lowest BCUT2D eigenvalue weighted by molar-refractivity contribution is -0.149. The minimum Gasteiger partial charge on any atom is -0.465 e. The van der Waals surface area contributed by atoms with Crippen molar-refractivity contribution in [3.05, 3.63) is 64.7 Å². The number of sulfone groups is 1. The minimum absolute atomic E-state index is 0.109. The molecule has 1 aliphatic carbocycles. The Balaban J connectivity index is 2.10. The Morgan fingerprint density at radius 1 is 1.15 bits per heavy atom. The van der Waals surface area contributed by atoms with Crippen molar-refractivity contribution in [2.75, 3.05) is 13.2 Å². The number of hydrogen-bond donors (Lipinski definition) is 1. The fourth-order valence-electron chi connectivity index (χ4n) is 3.71. The molecule has 2 aromatic rings. The number of aryl methyl sites for hydroxylation is 1. The first kappa shape index (κ1) is 19.9. The van der Waals surface area contributed by atoms with Crippen molar-refractivity contribution in [3.63, 3.8) is 0 Å². The van der Waals surface area contributed by atoms with Crippen LogP contribution in [-0.4, -0.2) is 32.8 Å². The van der Waals surface area contributed by atoms with Crippen LogP contribution in [0.3, 0.4) is 0 Å². The van der Waals surface area contributed by atoms with Crippen LogP contribution in [0.5, 0.6) is 0 Å². The van der Waals surface area contributed by atoms with Crippen molar-refractivity contribution in [1.29, 1.82) is 0 Å². The zero-order valence-electron chi connectivity index (χ0n) is 15.2. The number of nitrogens with two attached hydrogens (primary N) is 1. The van der Waals surface area contributed by atoms with Gasteiger partial charge in [-0.1, -0.05) is 41.4 Å². The average Bonchev–Trinajstić information content (AvgIpc) is 3.34. The van der Waals surface area contributed by atoms with E-state index in [2.05, 4.69) is 0 Å². The predicted octanol–water partition coefficient (Wildman–Crippen LogP) is 3.10. The molecule has 144 valence electrons. The van der Waals surface area contributed by atoms with Gasteiger partial charge >= 0.3 is 5.97 Å². The molecule has 0 spiro atoms. The second-order valence-electron chi connectivity index (χ2n) is 6.77. The summed E-state index contributed by atoms with van der Waals surface area (Å²) in [6.07, 6.45) is 0. The van der Waals surface area contributed by atoms with Crippen molar-refractivity contribution in [1.82, 2.24) is 0 Å². The van der Waals surface area contributed by atoms with Crippen LogP contribution in [0.1, 0.15) is 24.0 Å². The Hall–Kier alpha value is -1.89. The predicted molar refractivity (Wildman–Crippen MR) is 104 cm³/mol. The number of rotatable bonds is 6. The van der Waals surface area contributed by atoms with Gasteiger partial charge in [0.05, 0.1) is 16.8 Å². The smallest absolute Gasteiger partial charge is 0.315 e. The van der Waals surface area contributed by atoms with E-state index < -0.39 is 32.4 Å². The molecular weight excluding hydrogens is 386 g/mol. The lowest BCUT2D eigenvalue weighted by Gasteiger charge is -2.14. The van der Waals surface area contributed by atoms with Gasteiger partial charge in [0.1, 0.15) is 5.41 Å². The third-order valence-electron chi connectivity index (χ3n) is 5.16. The quantitative estimate of drug-likeness (QED) is 0.743. The molecule has 0 unspecified atom stereocenters. The molecule has 1 saturated carbocycles. The summed E-state index contributed by atoms with van der Waals surface area (Å²) in [5, 5.41) is -0.534. The molecule has 7 heteroatoms. The highest BCUT2D eigenvalue weighted by Gasteiger charge is 2.75. The zero-order valence-corrected chi connectivity index (χ0v) is 16.8. The van der Waals surface area contributed by atoms with E-state index in [9.17, 15) is 13.2 Å². The van der Waals surface area contributed by atoms with E-state index in [1.165, 1.54) is 24.3 Å². The van der Waals surface area contributed by atoms with Crippen LogP contribution < -0.4 is 5.73 Å². The van der Waals surface area contributed by atoms with Crippen LogP contribution in [0.2, 0.25) is 5.02 Å². The van der Waals surface area contributed by atoms with Gasteiger partial charge in [-0.2, -0.15) is 0 Å². The zero-order chi connectivity index (χ0) is 19.8. The second kappa shape index (κ2) is 7.26. The number of carbonyl (C=O) groups is 1. The van der Waals surface area contributed by atoms with Gasteiger partial charge < -0.3 is 10.5 Å². The van der Waals surface area contributed by atoms with Crippen molar-refractivity contribution >= 4 is 27.4 Å². The van der Waals surface area contributed by atoms with Gasteiger partial charge in [0.25, 0.3) is 0 Å². The molecule has 3 rings (SSSR count). The standard InChI is InChI=1S/C20H22ClNO4S/c1-3-26-19(23)20(12-22)17(14-6-4-13(2)5-7-14)18(20)27(24,25)16-10-8-15(21)9-11-16/h4-11,17-18H,3,12,22H2,1-2H3/t17-,18+,20-/m1/s1. The number of ether oxygens (including phenoxy) is 1. The van der Waals surface area contributed by atoms with E-state index in [1.54, 1.807) is 6.92 Å². The van der Waals surface area contributed by atoms with Crippen molar-refractivity contribution in [2.24, 2.45) is 11.1 Å². The molecule has 5 nitrogen and oxygen atoms in total. The maximum atomic E-state index is 13.3. The van der Waals surface area contributed by atoms with Gasteiger partial charge in [-0.05, 0) is 43.7 Å². The van der Waals surface area contributed by atoms with Gasteiger partial charge in [0.15, 0.2) is 9.84 Å². The normalized spacial score (nSPS) is 24.4. The average molecular weight is 408 g/mol. The van der Waals surface area contributed by atoms with Crippen molar-refractivity contribution in [2.45, 2.75) is 29.9 Å². The summed E-state index contributed by atoms with van der Waals surface area (Å²) in [5.41, 5.74) is 6.49. The summed E-state index contributed by atoms with van der Waals surface area (Å²) in [6.45, 7) is 3.69. The summed E-state index contributed by atoms with van der Waals surface area (Å²) in [5.74, 6) is -1.12. The maximum absolute atomic E-state index is 13.3. The van der Waals surface area contributed by atoms with Crippen LogP contribution in [0.25, 0.3) is 0 Å². The van der Waals surface area contributed by atoms with Crippen molar-refractivity contribution < 1.29 is 17.9 Å². The van der Waals surface area contributed by atoms with E-state index in [4.69, 9.17) is 22.1 Å². The Kier molecular flexibility index (Phi) is 5.34. The largest absolute Gasteiger partial charge is 0.465 e. The fourth-order valence-corrected chi connectivity index (χ4v) is 6.22. The molecule has 0 aromatic heterocycles. The molecule has 2 aromatic carbocycles. The molecule has 2 N–H and O–H groups in total. The number of halogens is 1. The van der Waals surface area contributed by atoms with Crippen LogP contribution >= 0.6 is 11.6 Å². The summed E-state index contributed by atoms with van der Waals surface area (Å²) < 4.78 is 31.9. The first-order valence-corrected chi connectivity index (χ1v) is 10.6. The Bertz CT molecular complexity index is 941. The van der Waals surface area contributed by atoms with E-state index in [1.807, 2.05) is 31.2 Å². The molecule has 0 radical (unpaired) electrons. The lowest BCUT2D eigenvalue weighted by Crippen LogP contribution is -2.33. The third kappa shape index (κ3) is 3.26. The lowest BCUT2D eigenvalue weighted by atomic mass is 9.98. The molecule has 0 heterocycles. The highest BCUT2D eigenvalue weighted by atomic mass is 35.5. The van der Waals surface area contributed by atoms with Gasteiger partial charge in [-0.3, -0.25) is 4.79 Å². The van der Waals surface area contributed by atoms with E-state index in [0.29, 0.717) is 5.02 Å². The van der Waals surface area contributed by atoms with Gasteiger partial charge in [0, 0.05) is 17.5 Å². The first-order chi connectivity index (χ1) is 12.8. The molecule has 27 heavy (non-hydrogen) atoms. The van der Waals surface area contributed by atoms with E-state index in [0.717, 1.165) is 11.1 Å². The van der Waals surface area contributed by atoms with Gasteiger partial charge in [-0.25, -0.2) is 8.42 Å². The molecule has 3 atom stereocenters. The summed E-state index contributed by atoms with van der Waals surface area (Å²) in [7, 11) is -3.81. The SMILES string of the molecule is CCOC(=O)[C@]1(CN)[C@H](c2ccc(C)cc2)[C@@H]1S(=O)(=O)c1ccc(Cl)cc1. The van der Waals surface area contributed by atoms with Gasteiger partial charge in [-0.15, -0.1) is 0 Å². The first-order valence-electron chi connectivity index (χ1n) is 8.72. The topological polar surface area (TPSA) is 86.5 Å². The van der Waals surface area contributed by atoms with Gasteiger partial charge in [0.2, 0.25) is 0 Å². The number of benzene rings is 2. The Morgan fingerprint density at radius 2 is 1.74 bits per heavy atom. The molecule has 0 aliphatic heterocycles. The number of carbonyl (C=O) groups excluding carboxylic acids is 1. The minimum atomic E-state index is -3.81. The van der Waals surface area contributed by atoms with E-state index >= 15 is 0 Å². The highest BCUT2D eigenvalue weighted by molar-refractivity contribution is 7.92. The fraction of sp³-hybridized carbons (Fsp3) is 0.350. The second-order valence-corrected chi connectivity index (χ2v) is 9.28. The maximum Gasteiger partial charge on any atom is 0.315 e. The van der Waals surface area contributed by atoms with E-state index in [-0.39, 0.29) is 18.0 Å². The molecule has 0 bridgehead atoms. The van der Waals surface area contributed by atoms with Crippen LogP contribution in [-0.2, 0) is 19.4 Å². The van der Waals surface area contributed by atoms with Crippen molar-refractivity contribution in [3.8, 4) is 0 Å². The van der Waals surface area contributed by atoms with Crippen LogP contribution in [0, 0.1) is 12.3 Å². The molecule has 0 amide bonds. The Morgan fingerprint density at radius 3 is 2.26 bits per heavy atom. The highest BCUT2D eigenvalue weighted by Crippen LogP contribution is 2.64. The molecule has 0 saturated heterocycles. The number of hydrogen-bond acceptors (Lipinski definition) is 5. The molecule has 1 fully saturated rings. The van der Waals surface area contributed by atoms with Crippen LogP contribution in [0.4, 0.5) is 0 Å². The molecule has 1 aliphatic rings. The summed E-state index contributed by atoms with van der Waals surface area (Å²) >= 11 is 5.88. The monoisotopic (exact) mass is 407 g/mol. The third-order valence-corrected chi connectivity index (χ3v) is 7.71.